The first-order valence-electron chi connectivity index (χ1n) is 8.96. The number of aliphatic carboxylic acids is 1. The number of carbonyl (C=O) groups is 2. The summed E-state index contributed by atoms with van der Waals surface area (Å²) in [6, 6.07) is 4.19. The van der Waals surface area contributed by atoms with Crippen LogP contribution in [-0.2, 0) is 4.79 Å². The van der Waals surface area contributed by atoms with E-state index < -0.39 is 10.9 Å². The lowest BCUT2D eigenvalue weighted by Gasteiger charge is -2.42. The van der Waals surface area contributed by atoms with Crippen LogP contribution >= 0.6 is 0 Å². The van der Waals surface area contributed by atoms with Crippen molar-refractivity contribution in [1.82, 2.24) is 10.2 Å². The van der Waals surface area contributed by atoms with Crippen LogP contribution in [-0.4, -0.2) is 59.1 Å². The summed E-state index contributed by atoms with van der Waals surface area (Å²) >= 11 is 0. The average molecular weight is 377 g/mol. The molecule has 0 spiro atoms. The number of carboxylic acid groups (broad SMARTS) is 1. The molecule has 0 saturated heterocycles. The number of nitro groups is 1. The maximum absolute atomic E-state index is 12.4. The summed E-state index contributed by atoms with van der Waals surface area (Å²) < 4.78 is 4.94. The molecule has 2 aliphatic carbocycles. The van der Waals surface area contributed by atoms with Crippen molar-refractivity contribution in [2.45, 2.75) is 37.8 Å². The lowest BCUT2D eigenvalue weighted by molar-refractivity contribution is -0.385. The summed E-state index contributed by atoms with van der Waals surface area (Å²) in [6.07, 6.45) is 3.67. The maximum Gasteiger partial charge on any atom is 0.317 e. The van der Waals surface area contributed by atoms with E-state index in [-0.39, 0.29) is 41.5 Å². The molecule has 0 radical (unpaired) electrons. The van der Waals surface area contributed by atoms with Gasteiger partial charge in [-0.3, -0.25) is 24.6 Å². The Labute approximate surface area is 156 Å². The van der Waals surface area contributed by atoms with E-state index >= 15 is 0 Å². The summed E-state index contributed by atoms with van der Waals surface area (Å²) in [5.74, 6) is -0.521. The van der Waals surface area contributed by atoms with Gasteiger partial charge in [0.05, 0.1) is 18.6 Å². The zero-order chi connectivity index (χ0) is 19.6. The van der Waals surface area contributed by atoms with E-state index in [1.807, 2.05) is 4.90 Å². The molecular formula is C18H23N3O6. The van der Waals surface area contributed by atoms with Crippen molar-refractivity contribution in [3.8, 4) is 5.75 Å². The molecule has 2 aliphatic rings. The SMILES string of the molecule is COc1ccc(C(=O)NC2CC(N(CC(=O)O)CC3CC3)C2)cc1[N+](=O)[O-]. The van der Waals surface area contributed by atoms with Gasteiger partial charge in [0.15, 0.2) is 5.75 Å². The van der Waals surface area contributed by atoms with Gasteiger partial charge in [-0.2, -0.15) is 0 Å². The Bertz CT molecular complexity index is 743. The number of nitrogens with one attached hydrogen (secondary N) is 1. The van der Waals surface area contributed by atoms with E-state index in [9.17, 15) is 19.7 Å². The van der Waals surface area contributed by atoms with Crippen LogP contribution in [0.3, 0.4) is 0 Å². The number of amides is 1. The van der Waals surface area contributed by atoms with E-state index in [0.717, 1.165) is 19.4 Å². The van der Waals surface area contributed by atoms with Gasteiger partial charge < -0.3 is 15.2 Å². The largest absolute Gasteiger partial charge is 0.490 e. The highest BCUT2D eigenvalue weighted by Gasteiger charge is 2.38. The number of benzene rings is 1. The van der Waals surface area contributed by atoms with Crippen LogP contribution in [0.15, 0.2) is 18.2 Å². The van der Waals surface area contributed by atoms with Gasteiger partial charge in [-0.1, -0.05) is 0 Å². The summed E-state index contributed by atoms with van der Waals surface area (Å²) in [6.45, 7) is 0.814. The van der Waals surface area contributed by atoms with Gasteiger partial charge in [0.1, 0.15) is 0 Å². The molecule has 0 atom stereocenters. The first-order chi connectivity index (χ1) is 12.9. The number of hydrogen-bond donors (Lipinski definition) is 2. The number of methoxy groups -OCH3 is 1. The Morgan fingerprint density at radius 2 is 2.07 bits per heavy atom. The molecule has 1 aromatic rings. The number of nitrogens with zero attached hydrogens (tertiary/aromatic N) is 2. The minimum Gasteiger partial charge on any atom is -0.490 e. The van der Waals surface area contributed by atoms with Crippen molar-refractivity contribution in [2.24, 2.45) is 5.92 Å². The predicted molar refractivity (Wildman–Crippen MR) is 95.9 cm³/mol. The van der Waals surface area contributed by atoms with Gasteiger partial charge in [-0.25, -0.2) is 0 Å². The summed E-state index contributed by atoms with van der Waals surface area (Å²) in [5, 5.41) is 23.0. The third-order valence-corrected chi connectivity index (χ3v) is 5.13. The Kier molecular flexibility index (Phi) is 5.59. The highest BCUT2D eigenvalue weighted by molar-refractivity contribution is 5.95. The van der Waals surface area contributed by atoms with Crippen LogP contribution in [0.4, 0.5) is 5.69 Å². The highest BCUT2D eigenvalue weighted by Crippen LogP contribution is 2.34. The number of hydrogen-bond acceptors (Lipinski definition) is 6. The maximum atomic E-state index is 12.4. The fourth-order valence-electron chi connectivity index (χ4n) is 3.39. The average Bonchev–Trinajstić information content (AvgIpc) is 3.39. The lowest BCUT2D eigenvalue weighted by atomic mass is 9.85. The number of nitro benzene ring substituents is 1. The molecule has 0 unspecified atom stereocenters. The van der Waals surface area contributed by atoms with E-state index in [2.05, 4.69) is 5.32 Å². The normalized spacial score (nSPS) is 21.4. The standard InChI is InChI=1S/C18H23N3O6/c1-27-16-5-4-12(6-15(16)21(25)26)18(24)19-13-7-14(8-13)20(10-17(22)23)9-11-2-3-11/h4-6,11,13-14H,2-3,7-10H2,1H3,(H,19,24)(H,22,23). The monoisotopic (exact) mass is 377 g/mol. The molecule has 2 N–H and O–H groups in total. The Morgan fingerprint density at radius 1 is 1.37 bits per heavy atom. The van der Waals surface area contributed by atoms with Gasteiger partial charge in [0.2, 0.25) is 0 Å². The molecule has 0 aromatic heterocycles. The van der Waals surface area contributed by atoms with Crippen LogP contribution in [0.5, 0.6) is 5.75 Å². The Balaban J connectivity index is 1.56. The van der Waals surface area contributed by atoms with E-state index in [4.69, 9.17) is 9.84 Å². The molecule has 2 saturated carbocycles. The molecule has 9 heteroatoms. The number of ether oxygens (including phenoxy) is 1. The number of carbonyl (C=O) groups excluding carboxylic acids is 1. The molecule has 1 amide bonds. The van der Waals surface area contributed by atoms with Gasteiger partial charge in [0.25, 0.3) is 5.91 Å². The molecule has 9 nitrogen and oxygen atoms in total. The molecule has 2 fully saturated rings. The fourth-order valence-corrected chi connectivity index (χ4v) is 3.39. The second kappa shape index (κ2) is 7.91. The van der Waals surface area contributed by atoms with Crippen LogP contribution in [0.1, 0.15) is 36.0 Å². The van der Waals surface area contributed by atoms with E-state index in [1.54, 1.807) is 0 Å². The van der Waals surface area contributed by atoms with Crippen molar-refractivity contribution in [1.29, 1.82) is 0 Å². The molecule has 0 aliphatic heterocycles. The second-order valence-corrected chi connectivity index (χ2v) is 7.21. The topological polar surface area (TPSA) is 122 Å². The molecule has 0 heterocycles. The first kappa shape index (κ1) is 19.1. The van der Waals surface area contributed by atoms with Crippen LogP contribution in [0.2, 0.25) is 0 Å². The predicted octanol–water partition coefficient (Wildman–Crippen LogP) is 1.66. The molecule has 0 bridgehead atoms. The summed E-state index contributed by atoms with van der Waals surface area (Å²) in [4.78, 5) is 35.9. The van der Waals surface area contributed by atoms with Crippen molar-refractivity contribution in [2.75, 3.05) is 20.2 Å². The summed E-state index contributed by atoms with van der Waals surface area (Å²) in [7, 11) is 1.33. The molecule has 3 rings (SSSR count). The highest BCUT2D eigenvalue weighted by atomic mass is 16.6. The smallest absolute Gasteiger partial charge is 0.317 e. The number of rotatable bonds is 9. The minimum atomic E-state index is -0.839. The van der Waals surface area contributed by atoms with Crippen LogP contribution in [0, 0.1) is 16.0 Å². The molecular weight excluding hydrogens is 354 g/mol. The first-order valence-corrected chi connectivity index (χ1v) is 8.96. The quantitative estimate of drug-likeness (QED) is 0.496. The van der Waals surface area contributed by atoms with Crippen LogP contribution < -0.4 is 10.1 Å². The number of carboxylic acids is 1. The zero-order valence-corrected chi connectivity index (χ0v) is 15.1. The lowest BCUT2D eigenvalue weighted by Crippen LogP contribution is -2.55. The zero-order valence-electron chi connectivity index (χ0n) is 15.1. The third kappa shape index (κ3) is 4.73. The Morgan fingerprint density at radius 3 is 2.63 bits per heavy atom. The van der Waals surface area contributed by atoms with Gasteiger partial charge in [-0.05, 0) is 43.7 Å². The summed E-state index contributed by atoms with van der Waals surface area (Å²) in [5.41, 5.74) is -0.0555. The van der Waals surface area contributed by atoms with E-state index in [1.165, 1.54) is 25.3 Å². The fraction of sp³-hybridized carbons (Fsp3) is 0.556. The second-order valence-electron chi connectivity index (χ2n) is 7.21. The van der Waals surface area contributed by atoms with Gasteiger partial charge in [0, 0.05) is 30.3 Å². The molecule has 1 aromatic carbocycles. The molecule has 146 valence electrons. The van der Waals surface area contributed by atoms with Gasteiger partial charge in [-0.15, -0.1) is 0 Å². The van der Waals surface area contributed by atoms with Crippen molar-refractivity contribution >= 4 is 17.6 Å². The van der Waals surface area contributed by atoms with Crippen molar-refractivity contribution in [3.63, 3.8) is 0 Å². The van der Waals surface area contributed by atoms with Gasteiger partial charge >= 0.3 is 11.7 Å². The van der Waals surface area contributed by atoms with E-state index in [0.29, 0.717) is 18.8 Å². The van der Waals surface area contributed by atoms with Crippen molar-refractivity contribution in [3.05, 3.63) is 33.9 Å². The Hall–Kier alpha value is -2.68. The van der Waals surface area contributed by atoms with Crippen molar-refractivity contribution < 1.29 is 24.4 Å². The minimum absolute atomic E-state index is 0.0203. The third-order valence-electron chi connectivity index (χ3n) is 5.13. The van der Waals surface area contributed by atoms with Crippen LogP contribution in [0.25, 0.3) is 0 Å². The molecule has 27 heavy (non-hydrogen) atoms.